The molecule has 0 aliphatic rings. The molecule has 4 rings (SSSR count). The molecule has 4 aromatic rings. The van der Waals surface area contributed by atoms with Gasteiger partial charge < -0.3 is 9.88 Å². The Balaban J connectivity index is 1.44. The molecule has 3 aromatic carbocycles. The number of hydrogen-bond donors (Lipinski definition) is 1. The van der Waals surface area contributed by atoms with Gasteiger partial charge in [0.1, 0.15) is 5.82 Å². The number of nitrogens with zero attached hydrogens (tertiary/aromatic N) is 2. The molecule has 1 unspecified atom stereocenters. The summed E-state index contributed by atoms with van der Waals surface area (Å²) in [7, 11) is 0. The van der Waals surface area contributed by atoms with E-state index in [4.69, 9.17) is 4.98 Å². The summed E-state index contributed by atoms with van der Waals surface area (Å²) in [5, 5.41) is 3.06. The van der Waals surface area contributed by atoms with Crippen molar-refractivity contribution in [1.82, 2.24) is 14.9 Å². The number of imidazole rings is 1. The van der Waals surface area contributed by atoms with Gasteiger partial charge in [-0.15, -0.1) is 0 Å². The Morgan fingerprint density at radius 2 is 1.57 bits per heavy atom. The van der Waals surface area contributed by atoms with E-state index in [2.05, 4.69) is 59.3 Å². The molecule has 0 aliphatic carbocycles. The second-order valence-corrected chi connectivity index (χ2v) is 7.56. The lowest BCUT2D eigenvalue weighted by Crippen LogP contribution is -2.27. The van der Waals surface area contributed by atoms with Gasteiger partial charge in [0, 0.05) is 19.4 Å². The maximum absolute atomic E-state index is 12.3. The molecule has 0 saturated heterocycles. The third-order valence-corrected chi connectivity index (χ3v) is 5.49. The van der Waals surface area contributed by atoms with Crippen molar-refractivity contribution in [2.24, 2.45) is 0 Å². The number of rotatable bonds is 8. The van der Waals surface area contributed by atoms with Crippen LogP contribution in [-0.4, -0.2) is 22.0 Å². The van der Waals surface area contributed by atoms with Crippen LogP contribution in [0.15, 0.2) is 84.9 Å². The molecule has 1 N–H and O–H groups in total. The van der Waals surface area contributed by atoms with Gasteiger partial charge in [-0.3, -0.25) is 4.79 Å². The number of para-hydroxylation sites is 2. The van der Waals surface area contributed by atoms with Crippen molar-refractivity contribution >= 4 is 16.9 Å². The van der Waals surface area contributed by atoms with E-state index < -0.39 is 0 Å². The minimum atomic E-state index is 0.0811. The van der Waals surface area contributed by atoms with Crippen molar-refractivity contribution in [2.45, 2.75) is 32.2 Å². The highest BCUT2D eigenvalue weighted by Crippen LogP contribution is 2.26. The lowest BCUT2D eigenvalue weighted by molar-refractivity contribution is -0.121. The quantitative estimate of drug-likeness (QED) is 0.458. The summed E-state index contributed by atoms with van der Waals surface area (Å²) >= 11 is 0. The Labute approximate surface area is 177 Å². The van der Waals surface area contributed by atoms with Gasteiger partial charge in [0.2, 0.25) is 5.91 Å². The number of fused-ring (bicyclic) bond motifs is 1. The molecule has 1 aromatic heterocycles. The number of carbonyl (C=O) groups excluding carboxylic acids is 1. The SMILES string of the molecule is CC(c1ccccc1)n1c(CCNC(=O)CCc2ccccc2)nc2ccccc21. The molecule has 152 valence electrons. The number of aromatic nitrogens is 2. The fourth-order valence-corrected chi connectivity index (χ4v) is 3.89. The van der Waals surface area contributed by atoms with Crippen LogP contribution in [0.1, 0.15) is 36.3 Å². The van der Waals surface area contributed by atoms with Crippen LogP contribution in [0.2, 0.25) is 0 Å². The zero-order valence-corrected chi connectivity index (χ0v) is 17.3. The fraction of sp³-hybridized carbons (Fsp3) is 0.231. The largest absolute Gasteiger partial charge is 0.356 e. The summed E-state index contributed by atoms with van der Waals surface area (Å²) < 4.78 is 2.29. The Kier molecular flexibility index (Phi) is 6.23. The number of aryl methyl sites for hydroxylation is 1. The topological polar surface area (TPSA) is 46.9 Å². The number of amides is 1. The Morgan fingerprint density at radius 1 is 0.900 bits per heavy atom. The summed E-state index contributed by atoms with van der Waals surface area (Å²) in [6.45, 7) is 2.78. The predicted molar refractivity (Wildman–Crippen MR) is 121 cm³/mol. The van der Waals surface area contributed by atoms with Crippen LogP contribution in [0.5, 0.6) is 0 Å². The normalized spacial score (nSPS) is 12.0. The minimum Gasteiger partial charge on any atom is -0.356 e. The molecular formula is C26H27N3O. The van der Waals surface area contributed by atoms with Gasteiger partial charge >= 0.3 is 0 Å². The van der Waals surface area contributed by atoms with Gasteiger partial charge in [0.05, 0.1) is 17.1 Å². The Morgan fingerprint density at radius 3 is 2.33 bits per heavy atom. The van der Waals surface area contributed by atoms with E-state index in [1.807, 2.05) is 42.5 Å². The van der Waals surface area contributed by atoms with E-state index in [9.17, 15) is 4.79 Å². The third kappa shape index (κ3) is 4.60. The van der Waals surface area contributed by atoms with Crippen molar-refractivity contribution in [3.8, 4) is 0 Å². The second-order valence-electron chi connectivity index (χ2n) is 7.56. The number of carbonyl (C=O) groups is 1. The molecule has 4 heteroatoms. The van der Waals surface area contributed by atoms with Gasteiger partial charge in [-0.1, -0.05) is 72.8 Å². The zero-order valence-electron chi connectivity index (χ0n) is 17.3. The second kappa shape index (κ2) is 9.40. The van der Waals surface area contributed by atoms with Gasteiger partial charge in [0.15, 0.2) is 0 Å². The molecule has 1 amide bonds. The molecule has 0 radical (unpaired) electrons. The first kappa shape index (κ1) is 19.9. The Hall–Kier alpha value is -3.40. The van der Waals surface area contributed by atoms with Crippen LogP contribution in [0, 0.1) is 0 Å². The summed E-state index contributed by atoms with van der Waals surface area (Å²) in [6, 6.07) is 29.0. The molecular weight excluding hydrogens is 370 g/mol. The molecule has 1 atom stereocenters. The lowest BCUT2D eigenvalue weighted by Gasteiger charge is -2.18. The number of benzene rings is 3. The van der Waals surface area contributed by atoms with E-state index in [-0.39, 0.29) is 11.9 Å². The van der Waals surface area contributed by atoms with E-state index >= 15 is 0 Å². The molecule has 0 aliphatic heterocycles. The third-order valence-electron chi connectivity index (χ3n) is 5.49. The van der Waals surface area contributed by atoms with E-state index in [0.717, 1.165) is 23.3 Å². The van der Waals surface area contributed by atoms with Gasteiger partial charge in [-0.05, 0) is 36.6 Å². The fourth-order valence-electron chi connectivity index (χ4n) is 3.89. The first-order valence-corrected chi connectivity index (χ1v) is 10.5. The van der Waals surface area contributed by atoms with Crippen LogP contribution in [0.25, 0.3) is 11.0 Å². The standard InChI is InChI=1S/C26H27N3O/c1-20(22-12-6-3-7-13-22)29-24-15-9-8-14-23(24)28-25(29)18-19-27-26(30)17-16-21-10-4-2-5-11-21/h2-15,20H,16-19H2,1H3,(H,27,30). The Bertz CT molecular complexity index is 1100. The number of hydrogen-bond acceptors (Lipinski definition) is 2. The van der Waals surface area contributed by atoms with Gasteiger partial charge in [-0.25, -0.2) is 4.98 Å². The summed E-state index contributed by atoms with van der Waals surface area (Å²) in [5.74, 6) is 1.08. The maximum Gasteiger partial charge on any atom is 0.220 e. The highest BCUT2D eigenvalue weighted by molar-refractivity contribution is 5.77. The molecule has 0 saturated carbocycles. The van der Waals surface area contributed by atoms with Gasteiger partial charge in [-0.2, -0.15) is 0 Å². The van der Waals surface area contributed by atoms with Crippen LogP contribution in [0.4, 0.5) is 0 Å². The highest BCUT2D eigenvalue weighted by Gasteiger charge is 2.17. The molecule has 0 fully saturated rings. The molecule has 0 spiro atoms. The lowest BCUT2D eigenvalue weighted by atomic mass is 10.1. The van der Waals surface area contributed by atoms with Crippen molar-refractivity contribution < 1.29 is 4.79 Å². The molecule has 30 heavy (non-hydrogen) atoms. The van der Waals surface area contributed by atoms with Crippen LogP contribution in [0.3, 0.4) is 0 Å². The summed E-state index contributed by atoms with van der Waals surface area (Å²) in [4.78, 5) is 17.1. The van der Waals surface area contributed by atoms with Gasteiger partial charge in [0.25, 0.3) is 0 Å². The van der Waals surface area contributed by atoms with Crippen molar-refractivity contribution in [2.75, 3.05) is 6.54 Å². The summed E-state index contributed by atoms with van der Waals surface area (Å²) in [5.41, 5.74) is 4.55. The van der Waals surface area contributed by atoms with Crippen LogP contribution >= 0.6 is 0 Å². The smallest absolute Gasteiger partial charge is 0.220 e. The highest BCUT2D eigenvalue weighted by atomic mass is 16.1. The zero-order chi connectivity index (χ0) is 20.8. The van der Waals surface area contributed by atoms with E-state index in [0.29, 0.717) is 19.4 Å². The molecule has 1 heterocycles. The van der Waals surface area contributed by atoms with E-state index in [1.54, 1.807) is 0 Å². The van der Waals surface area contributed by atoms with Crippen molar-refractivity contribution in [1.29, 1.82) is 0 Å². The molecule has 0 bridgehead atoms. The van der Waals surface area contributed by atoms with Crippen molar-refractivity contribution in [3.63, 3.8) is 0 Å². The monoisotopic (exact) mass is 397 g/mol. The first-order chi connectivity index (χ1) is 14.7. The first-order valence-electron chi connectivity index (χ1n) is 10.5. The minimum absolute atomic E-state index is 0.0811. The average molecular weight is 398 g/mol. The van der Waals surface area contributed by atoms with Crippen LogP contribution < -0.4 is 5.32 Å². The summed E-state index contributed by atoms with van der Waals surface area (Å²) in [6.07, 6.45) is 1.96. The predicted octanol–water partition coefficient (Wildman–Crippen LogP) is 4.94. The number of nitrogens with one attached hydrogen (secondary N) is 1. The molecule has 4 nitrogen and oxygen atoms in total. The van der Waals surface area contributed by atoms with Crippen LogP contribution in [-0.2, 0) is 17.6 Å². The van der Waals surface area contributed by atoms with Crippen molar-refractivity contribution in [3.05, 3.63) is 102 Å². The maximum atomic E-state index is 12.3. The average Bonchev–Trinajstić information content (AvgIpc) is 3.16. The van der Waals surface area contributed by atoms with E-state index in [1.165, 1.54) is 11.1 Å².